The summed E-state index contributed by atoms with van der Waals surface area (Å²) in [5.74, 6) is 1.20. The van der Waals surface area contributed by atoms with Crippen molar-refractivity contribution in [1.82, 2.24) is 9.97 Å². The molecule has 0 saturated carbocycles. The monoisotopic (exact) mass is 203 g/mol. The van der Waals surface area contributed by atoms with Crippen LogP contribution in [0.15, 0.2) is 41.5 Å². The van der Waals surface area contributed by atoms with E-state index in [1.54, 1.807) is 30.7 Å². The van der Waals surface area contributed by atoms with Gasteiger partial charge in [0, 0.05) is 6.20 Å². The summed E-state index contributed by atoms with van der Waals surface area (Å²) in [6.45, 7) is 7.02. The van der Waals surface area contributed by atoms with Gasteiger partial charge in [-0.1, -0.05) is 0 Å². The number of hydrogen-bond donors (Lipinski definition) is 0. The van der Waals surface area contributed by atoms with Crippen molar-refractivity contribution in [3.8, 4) is 5.88 Å². The molecule has 0 aliphatic heterocycles. The summed E-state index contributed by atoms with van der Waals surface area (Å²) in [5.41, 5.74) is 0.861. The first-order valence-electron chi connectivity index (χ1n) is 4.48. The lowest BCUT2D eigenvalue weighted by atomic mass is 10.4. The van der Waals surface area contributed by atoms with E-state index in [1.807, 2.05) is 13.8 Å². The van der Waals surface area contributed by atoms with Gasteiger partial charge in [0.2, 0.25) is 5.88 Å². The minimum absolute atomic E-state index is 0.481. The van der Waals surface area contributed by atoms with Crippen LogP contribution in [0.5, 0.6) is 5.88 Å². The molecule has 0 unspecified atom stereocenters. The van der Waals surface area contributed by atoms with Crippen LogP contribution in [-0.2, 0) is 0 Å². The summed E-state index contributed by atoms with van der Waals surface area (Å²) < 4.78 is 5.39. The standard InChI is InChI=1S/C11H13N3O/c1-9-7-14-11(8-13-9)15-10(2)5-4-6-12-3/h4-8H,3H2,1-2H3/b6-4-,10-5+. The summed E-state index contributed by atoms with van der Waals surface area (Å²) in [6, 6.07) is 0. The first kappa shape index (κ1) is 11.1. The van der Waals surface area contributed by atoms with Gasteiger partial charge in [-0.05, 0) is 32.7 Å². The van der Waals surface area contributed by atoms with Crippen molar-refractivity contribution in [1.29, 1.82) is 0 Å². The lowest BCUT2D eigenvalue weighted by Gasteiger charge is -2.02. The lowest BCUT2D eigenvalue weighted by molar-refractivity contribution is 0.408. The number of rotatable bonds is 4. The first-order chi connectivity index (χ1) is 7.22. The molecule has 0 aromatic carbocycles. The zero-order valence-electron chi connectivity index (χ0n) is 8.84. The Morgan fingerprint density at radius 1 is 1.47 bits per heavy atom. The van der Waals surface area contributed by atoms with Crippen molar-refractivity contribution in [2.75, 3.05) is 0 Å². The molecule has 4 heteroatoms. The summed E-state index contributed by atoms with van der Waals surface area (Å²) in [7, 11) is 0. The van der Waals surface area contributed by atoms with Gasteiger partial charge < -0.3 is 4.74 Å². The summed E-state index contributed by atoms with van der Waals surface area (Å²) >= 11 is 0. The van der Waals surface area contributed by atoms with Gasteiger partial charge in [0.05, 0.1) is 18.1 Å². The molecular formula is C11H13N3O. The molecule has 1 aromatic rings. The molecule has 78 valence electrons. The first-order valence-corrected chi connectivity index (χ1v) is 4.48. The minimum atomic E-state index is 0.481. The zero-order chi connectivity index (χ0) is 11.1. The highest BCUT2D eigenvalue weighted by atomic mass is 16.5. The Morgan fingerprint density at radius 2 is 2.27 bits per heavy atom. The molecule has 0 aliphatic carbocycles. The molecule has 0 aliphatic rings. The molecule has 1 rings (SSSR count). The topological polar surface area (TPSA) is 47.4 Å². The van der Waals surface area contributed by atoms with E-state index in [0.29, 0.717) is 11.6 Å². The third kappa shape index (κ3) is 4.17. The molecule has 0 atom stereocenters. The van der Waals surface area contributed by atoms with Crippen LogP contribution in [0.25, 0.3) is 0 Å². The van der Waals surface area contributed by atoms with Crippen LogP contribution in [0.2, 0.25) is 0 Å². The molecule has 15 heavy (non-hydrogen) atoms. The highest BCUT2D eigenvalue weighted by molar-refractivity contribution is 5.26. The molecule has 4 nitrogen and oxygen atoms in total. The lowest BCUT2D eigenvalue weighted by Crippen LogP contribution is -1.94. The van der Waals surface area contributed by atoms with Crippen molar-refractivity contribution in [2.45, 2.75) is 13.8 Å². The van der Waals surface area contributed by atoms with Crippen LogP contribution in [0.3, 0.4) is 0 Å². The van der Waals surface area contributed by atoms with Crippen LogP contribution in [0, 0.1) is 6.92 Å². The van der Waals surface area contributed by atoms with E-state index in [9.17, 15) is 0 Å². The smallest absolute Gasteiger partial charge is 0.237 e. The van der Waals surface area contributed by atoms with Gasteiger partial charge in [0.1, 0.15) is 5.76 Å². The fraction of sp³-hybridized carbons (Fsp3) is 0.182. The Morgan fingerprint density at radius 3 is 2.87 bits per heavy atom. The minimum Gasteiger partial charge on any atom is -0.442 e. The molecule has 0 N–H and O–H groups in total. The normalized spacial score (nSPS) is 11.7. The van der Waals surface area contributed by atoms with E-state index in [1.165, 1.54) is 0 Å². The zero-order valence-corrected chi connectivity index (χ0v) is 8.84. The molecule has 1 heterocycles. The fourth-order valence-corrected chi connectivity index (χ4v) is 0.872. The molecule has 0 saturated heterocycles. The van der Waals surface area contributed by atoms with Gasteiger partial charge in [0.15, 0.2) is 0 Å². The number of nitrogens with zero attached hydrogens (tertiary/aromatic N) is 3. The molecule has 0 radical (unpaired) electrons. The Bertz CT molecular complexity index is 379. The average Bonchev–Trinajstić information content (AvgIpc) is 2.22. The van der Waals surface area contributed by atoms with Gasteiger partial charge in [-0.3, -0.25) is 9.98 Å². The van der Waals surface area contributed by atoms with Gasteiger partial charge in [-0.25, -0.2) is 4.98 Å². The van der Waals surface area contributed by atoms with Crippen molar-refractivity contribution in [3.63, 3.8) is 0 Å². The van der Waals surface area contributed by atoms with E-state index >= 15 is 0 Å². The van der Waals surface area contributed by atoms with Crippen molar-refractivity contribution >= 4 is 6.72 Å². The molecule has 0 spiro atoms. The highest BCUT2D eigenvalue weighted by Gasteiger charge is 1.95. The van der Waals surface area contributed by atoms with Gasteiger partial charge in [-0.15, -0.1) is 0 Å². The van der Waals surface area contributed by atoms with Crippen molar-refractivity contribution in [3.05, 3.63) is 42.2 Å². The van der Waals surface area contributed by atoms with Gasteiger partial charge in [-0.2, -0.15) is 0 Å². The number of aromatic nitrogens is 2. The third-order valence-electron chi connectivity index (χ3n) is 1.55. The molecule has 0 bridgehead atoms. The van der Waals surface area contributed by atoms with E-state index in [-0.39, 0.29) is 0 Å². The van der Waals surface area contributed by atoms with Gasteiger partial charge in [0.25, 0.3) is 0 Å². The maximum Gasteiger partial charge on any atom is 0.237 e. The Balaban J connectivity index is 2.61. The molecule has 0 fully saturated rings. The summed E-state index contributed by atoms with van der Waals surface area (Å²) in [5, 5.41) is 0. The fourth-order valence-electron chi connectivity index (χ4n) is 0.872. The molecule has 0 amide bonds. The number of aliphatic imine (C=N–C) groups is 1. The largest absolute Gasteiger partial charge is 0.442 e. The van der Waals surface area contributed by atoms with Crippen LogP contribution in [0.1, 0.15) is 12.6 Å². The molecule has 1 aromatic heterocycles. The Labute approximate surface area is 89.1 Å². The summed E-state index contributed by atoms with van der Waals surface area (Å²) in [4.78, 5) is 11.7. The quantitative estimate of drug-likeness (QED) is 0.428. The predicted molar refractivity (Wildman–Crippen MR) is 59.8 cm³/mol. The van der Waals surface area contributed by atoms with E-state index in [0.717, 1.165) is 5.69 Å². The Hall–Kier alpha value is -1.97. The average molecular weight is 203 g/mol. The second-order valence-corrected chi connectivity index (χ2v) is 2.90. The number of aryl methyl sites for hydroxylation is 1. The predicted octanol–water partition coefficient (Wildman–Crippen LogP) is 2.28. The van der Waals surface area contributed by atoms with E-state index in [4.69, 9.17) is 4.74 Å². The van der Waals surface area contributed by atoms with Crippen LogP contribution >= 0.6 is 0 Å². The number of ether oxygens (including phenoxy) is 1. The van der Waals surface area contributed by atoms with Crippen molar-refractivity contribution in [2.24, 2.45) is 4.99 Å². The number of hydrogen-bond acceptors (Lipinski definition) is 4. The van der Waals surface area contributed by atoms with Crippen molar-refractivity contribution < 1.29 is 4.74 Å². The molecular weight excluding hydrogens is 190 g/mol. The van der Waals surface area contributed by atoms with E-state index in [2.05, 4.69) is 21.7 Å². The third-order valence-corrected chi connectivity index (χ3v) is 1.55. The summed E-state index contributed by atoms with van der Waals surface area (Å²) in [6.07, 6.45) is 8.33. The SMILES string of the molecule is C=N/C=C\C=C(/C)Oc1cnc(C)cn1. The Kier molecular flexibility index (Phi) is 4.22. The van der Waals surface area contributed by atoms with Crippen LogP contribution in [0.4, 0.5) is 0 Å². The van der Waals surface area contributed by atoms with Gasteiger partial charge >= 0.3 is 0 Å². The second kappa shape index (κ2) is 5.70. The van der Waals surface area contributed by atoms with Crippen LogP contribution in [-0.4, -0.2) is 16.7 Å². The second-order valence-electron chi connectivity index (χ2n) is 2.90. The maximum atomic E-state index is 5.39. The highest BCUT2D eigenvalue weighted by Crippen LogP contribution is 2.07. The van der Waals surface area contributed by atoms with E-state index < -0.39 is 0 Å². The maximum absolute atomic E-state index is 5.39. The number of allylic oxidation sites excluding steroid dienone is 3. The van der Waals surface area contributed by atoms with Crippen LogP contribution < -0.4 is 4.74 Å².